The molecular formula is C15H18O. The second-order valence-corrected chi connectivity index (χ2v) is 5.11. The fourth-order valence-electron chi connectivity index (χ4n) is 3.45. The van der Waals surface area contributed by atoms with Crippen molar-refractivity contribution in [3.8, 4) is 5.75 Å². The Morgan fingerprint density at radius 3 is 2.31 bits per heavy atom. The highest BCUT2D eigenvalue weighted by Gasteiger charge is 2.42. The Labute approximate surface area is 97.1 Å². The van der Waals surface area contributed by atoms with Crippen LogP contribution in [0.1, 0.15) is 24.8 Å². The van der Waals surface area contributed by atoms with Gasteiger partial charge in [-0.1, -0.05) is 31.2 Å². The molecule has 0 radical (unpaired) electrons. The Kier molecular flexibility index (Phi) is 2.27. The second-order valence-electron chi connectivity index (χ2n) is 5.11. The molecule has 1 nitrogen and oxygen atoms in total. The number of rotatable bonds is 2. The van der Waals surface area contributed by atoms with Crippen molar-refractivity contribution in [2.45, 2.75) is 19.3 Å². The summed E-state index contributed by atoms with van der Waals surface area (Å²) in [6.07, 6.45) is 6.19. The van der Waals surface area contributed by atoms with E-state index in [1.807, 2.05) is 0 Å². The molecule has 84 valence electrons. The number of hydrogen-bond donors (Lipinski definition) is 0. The van der Waals surface area contributed by atoms with Gasteiger partial charge in [-0.2, -0.15) is 0 Å². The van der Waals surface area contributed by atoms with Crippen LogP contribution in [-0.2, 0) is 0 Å². The van der Waals surface area contributed by atoms with Crippen LogP contribution in [0.5, 0.6) is 5.75 Å². The lowest BCUT2D eigenvalue weighted by molar-refractivity contribution is 0.411. The van der Waals surface area contributed by atoms with Crippen molar-refractivity contribution >= 4 is 0 Å². The molecule has 1 heteroatoms. The minimum absolute atomic E-state index is 0.723. The molecule has 0 aromatic heterocycles. The van der Waals surface area contributed by atoms with Crippen LogP contribution in [0.4, 0.5) is 0 Å². The maximum Gasteiger partial charge on any atom is 0.118 e. The normalized spacial score (nSPS) is 35.6. The van der Waals surface area contributed by atoms with Crippen LogP contribution in [0.3, 0.4) is 0 Å². The molecule has 2 bridgehead atoms. The van der Waals surface area contributed by atoms with Crippen LogP contribution in [0.25, 0.3) is 0 Å². The van der Waals surface area contributed by atoms with Gasteiger partial charge >= 0.3 is 0 Å². The molecule has 0 heterocycles. The van der Waals surface area contributed by atoms with Crippen LogP contribution in [-0.4, -0.2) is 7.11 Å². The summed E-state index contributed by atoms with van der Waals surface area (Å²) >= 11 is 0. The number of methoxy groups -OCH3 is 1. The molecule has 0 amide bonds. The van der Waals surface area contributed by atoms with Crippen LogP contribution in [0, 0.1) is 17.8 Å². The molecule has 1 aromatic rings. The Hall–Kier alpha value is -1.24. The van der Waals surface area contributed by atoms with E-state index in [2.05, 4.69) is 43.3 Å². The van der Waals surface area contributed by atoms with Crippen LogP contribution in [0.15, 0.2) is 36.4 Å². The minimum Gasteiger partial charge on any atom is -0.497 e. The molecule has 2 aliphatic carbocycles. The topological polar surface area (TPSA) is 9.23 Å². The van der Waals surface area contributed by atoms with Gasteiger partial charge in [0.15, 0.2) is 0 Å². The van der Waals surface area contributed by atoms with E-state index in [1.54, 1.807) is 7.11 Å². The van der Waals surface area contributed by atoms with Gasteiger partial charge in [-0.25, -0.2) is 0 Å². The summed E-state index contributed by atoms with van der Waals surface area (Å²) in [6, 6.07) is 8.62. The smallest absolute Gasteiger partial charge is 0.118 e. The zero-order valence-electron chi connectivity index (χ0n) is 9.89. The molecule has 0 saturated heterocycles. The zero-order valence-corrected chi connectivity index (χ0v) is 9.89. The largest absolute Gasteiger partial charge is 0.497 e. The summed E-state index contributed by atoms with van der Waals surface area (Å²) in [5.41, 5.74) is 1.48. The second kappa shape index (κ2) is 3.65. The van der Waals surface area contributed by atoms with E-state index in [9.17, 15) is 0 Å². The highest BCUT2D eigenvalue weighted by atomic mass is 16.5. The van der Waals surface area contributed by atoms with E-state index >= 15 is 0 Å². The van der Waals surface area contributed by atoms with E-state index in [4.69, 9.17) is 4.74 Å². The van der Waals surface area contributed by atoms with E-state index < -0.39 is 0 Å². The Bertz CT molecular complexity index is 404. The fraction of sp³-hybridized carbons (Fsp3) is 0.467. The van der Waals surface area contributed by atoms with Crippen molar-refractivity contribution < 1.29 is 4.74 Å². The first kappa shape index (κ1) is 9.95. The predicted molar refractivity (Wildman–Crippen MR) is 65.6 cm³/mol. The lowest BCUT2D eigenvalue weighted by Gasteiger charge is -2.25. The third kappa shape index (κ3) is 1.38. The molecule has 0 aliphatic heterocycles. The summed E-state index contributed by atoms with van der Waals surface area (Å²) < 4.78 is 5.21. The molecule has 0 unspecified atom stereocenters. The van der Waals surface area contributed by atoms with Gasteiger partial charge in [-0.15, -0.1) is 0 Å². The third-order valence-electron chi connectivity index (χ3n) is 4.35. The third-order valence-corrected chi connectivity index (χ3v) is 4.35. The number of hydrogen-bond acceptors (Lipinski definition) is 1. The molecule has 1 fully saturated rings. The lowest BCUT2D eigenvalue weighted by atomic mass is 9.80. The van der Waals surface area contributed by atoms with Crippen molar-refractivity contribution in [3.05, 3.63) is 42.0 Å². The van der Waals surface area contributed by atoms with Crippen LogP contribution >= 0.6 is 0 Å². The zero-order chi connectivity index (χ0) is 11.1. The maximum absolute atomic E-state index is 5.21. The summed E-state index contributed by atoms with van der Waals surface area (Å²) in [4.78, 5) is 0. The molecular weight excluding hydrogens is 196 g/mol. The van der Waals surface area contributed by atoms with Gasteiger partial charge in [0.05, 0.1) is 7.11 Å². The van der Waals surface area contributed by atoms with E-state index in [0.29, 0.717) is 0 Å². The summed E-state index contributed by atoms with van der Waals surface area (Å²) in [5, 5.41) is 0. The van der Waals surface area contributed by atoms with Crippen molar-refractivity contribution in [2.75, 3.05) is 7.11 Å². The predicted octanol–water partition coefficient (Wildman–Crippen LogP) is 3.62. The average Bonchev–Trinajstić information content (AvgIpc) is 2.90. The van der Waals surface area contributed by atoms with Gasteiger partial charge in [-0.3, -0.25) is 0 Å². The van der Waals surface area contributed by atoms with Crippen molar-refractivity contribution in [1.29, 1.82) is 0 Å². The fourth-order valence-corrected chi connectivity index (χ4v) is 3.45. The monoisotopic (exact) mass is 214 g/mol. The number of benzene rings is 1. The standard InChI is InChI=1S/C15H18O/c1-10-12-3-4-13(9-12)15(10)11-5-7-14(16-2)8-6-11/h3-8,10,12-13,15H,9H2,1-2H3/t10-,12-,13+,15-/m0/s1. The first-order valence-corrected chi connectivity index (χ1v) is 6.12. The van der Waals surface area contributed by atoms with Gasteiger partial charge in [0.1, 0.15) is 5.75 Å². The van der Waals surface area contributed by atoms with Gasteiger partial charge in [0.25, 0.3) is 0 Å². The Morgan fingerprint density at radius 1 is 1.06 bits per heavy atom. The quantitative estimate of drug-likeness (QED) is 0.683. The van der Waals surface area contributed by atoms with Gasteiger partial charge in [0, 0.05) is 0 Å². The first-order chi connectivity index (χ1) is 7.79. The Balaban J connectivity index is 1.89. The highest BCUT2D eigenvalue weighted by molar-refractivity contribution is 5.33. The summed E-state index contributed by atoms with van der Waals surface area (Å²) in [6.45, 7) is 2.39. The molecule has 0 N–H and O–H groups in total. The van der Waals surface area contributed by atoms with Gasteiger partial charge in [-0.05, 0) is 47.8 Å². The SMILES string of the molecule is COc1ccc([C@@H]2[C@@H](C)[C@H]3C=C[C@@H]2C3)cc1. The average molecular weight is 214 g/mol. The molecule has 3 rings (SSSR count). The highest BCUT2D eigenvalue weighted by Crippen LogP contribution is 2.52. The van der Waals surface area contributed by atoms with Crippen molar-refractivity contribution in [2.24, 2.45) is 17.8 Å². The van der Waals surface area contributed by atoms with Crippen molar-refractivity contribution in [1.82, 2.24) is 0 Å². The van der Waals surface area contributed by atoms with Crippen LogP contribution < -0.4 is 4.74 Å². The molecule has 0 spiro atoms. The maximum atomic E-state index is 5.21. The lowest BCUT2D eigenvalue weighted by Crippen LogP contribution is -2.14. The van der Waals surface area contributed by atoms with Gasteiger partial charge < -0.3 is 4.74 Å². The van der Waals surface area contributed by atoms with E-state index in [0.717, 1.165) is 29.4 Å². The first-order valence-electron chi connectivity index (χ1n) is 6.12. The summed E-state index contributed by atoms with van der Waals surface area (Å²) in [5.74, 6) is 4.06. The molecule has 4 atom stereocenters. The summed E-state index contributed by atoms with van der Waals surface area (Å²) in [7, 11) is 1.72. The van der Waals surface area contributed by atoms with Gasteiger partial charge in [0.2, 0.25) is 0 Å². The molecule has 1 aromatic carbocycles. The molecule has 16 heavy (non-hydrogen) atoms. The minimum atomic E-state index is 0.723. The van der Waals surface area contributed by atoms with Crippen molar-refractivity contribution in [3.63, 3.8) is 0 Å². The Morgan fingerprint density at radius 2 is 1.75 bits per heavy atom. The van der Waals surface area contributed by atoms with E-state index in [1.165, 1.54) is 12.0 Å². The van der Waals surface area contributed by atoms with Crippen LogP contribution in [0.2, 0.25) is 0 Å². The molecule has 2 aliphatic rings. The number of ether oxygens (including phenoxy) is 1. The van der Waals surface area contributed by atoms with E-state index in [-0.39, 0.29) is 0 Å². The molecule has 1 saturated carbocycles. The number of fused-ring (bicyclic) bond motifs is 2. The number of allylic oxidation sites excluding steroid dienone is 2.